The van der Waals surface area contributed by atoms with E-state index in [9.17, 15) is 14.0 Å². The van der Waals surface area contributed by atoms with Crippen molar-refractivity contribution >= 4 is 29.0 Å². The largest absolute Gasteiger partial charge is 0.305 e. The Morgan fingerprint density at radius 2 is 2.06 bits per heavy atom. The molecule has 3 nitrogen and oxygen atoms in total. The molecule has 0 aromatic heterocycles. The van der Waals surface area contributed by atoms with E-state index in [0.717, 1.165) is 6.42 Å². The third kappa shape index (κ3) is 1.81. The number of carbonyl (C=O) groups excluding carboxylic acids is 2. The van der Waals surface area contributed by atoms with Crippen LogP contribution in [0.1, 0.15) is 29.6 Å². The first kappa shape index (κ1) is 11.7. The highest BCUT2D eigenvalue weighted by Gasteiger charge is 2.37. The molecule has 1 aliphatic carbocycles. The lowest BCUT2D eigenvalue weighted by Crippen LogP contribution is -2.30. The molecule has 0 unspecified atom stereocenters. The molecule has 1 fully saturated rings. The van der Waals surface area contributed by atoms with Gasteiger partial charge < -0.3 is 4.90 Å². The molecule has 1 saturated carbocycles. The molecule has 0 bridgehead atoms. The number of nitrogens with zero attached hydrogens (tertiary/aromatic N) is 1. The number of ketones is 1. The van der Waals surface area contributed by atoms with Gasteiger partial charge in [0.25, 0.3) is 11.7 Å². The van der Waals surface area contributed by atoms with Crippen molar-refractivity contribution in [2.24, 2.45) is 5.92 Å². The highest BCUT2D eigenvalue weighted by Crippen LogP contribution is 2.36. The van der Waals surface area contributed by atoms with Gasteiger partial charge in [0, 0.05) is 6.54 Å². The summed E-state index contributed by atoms with van der Waals surface area (Å²) in [5.41, 5.74) is 0.565. The van der Waals surface area contributed by atoms with Crippen LogP contribution in [0.15, 0.2) is 12.1 Å². The molecule has 1 aliphatic heterocycles. The van der Waals surface area contributed by atoms with E-state index in [4.69, 9.17) is 11.6 Å². The monoisotopic (exact) mass is 267 g/mol. The zero-order chi connectivity index (χ0) is 12.9. The number of hydrogen-bond acceptors (Lipinski definition) is 2. The summed E-state index contributed by atoms with van der Waals surface area (Å²) < 4.78 is 13.4. The number of benzene rings is 1. The number of halogens is 2. The van der Waals surface area contributed by atoms with Crippen molar-refractivity contribution in [2.75, 3.05) is 11.4 Å². The van der Waals surface area contributed by atoms with Crippen LogP contribution in [0, 0.1) is 11.7 Å². The fourth-order valence-electron chi connectivity index (χ4n) is 2.23. The van der Waals surface area contributed by atoms with Gasteiger partial charge in [0.15, 0.2) is 0 Å². The molecule has 1 aromatic carbocycles. The van der Waals surface area contributed by atoms with E-state index in [-0.39, 0.29) is 10.6 Å². The Kier molecular flexibility index (Phi) is 2.63. The molecular formula is C13H11ClFNO2. The standard InChI is InChI=1S/C13H11ClFNO2/c14-9-5-8-11(6-10(9)15)16(13(18)12(8)17)4-3-7-1-2-7/h5-7H,1-4H2. The molecule has 94 valence electrons. The van der Waals surface area contributed by atoms with Crippen molar-refractivity contribution in [2.45, 2.75) is 19.3 Å². The second-order valence-corrected chi connectivity index (χ2v) is 5.21. The molecule has 1 heterocycles. The lowest BCUT2D eigenvalue weighted by atomic mass is 10.1. The zero-order valence-electron chi connectivity index (χ0n) is 9.58. The summed E-state index contributed by atoms with van der Waals surface area (Å²) in [7, 11) is 0. The Morgan fingerprint density at radius 3 is 2.72 bits per heavy atom. The van der Waals surface area contributed by atoms with Gasteiger partial charge in [-0.25, -0.2) is 4.39 Å². The van der Waals surface area contributed by atoms with Crippen LogP contribution in [0.3, 0.4) is 0 Å². The molecule has 1 amide bonds. The first-order chi connectivity index (χ1) is 8.58. The predicted octanol–water partition coefficient (Wildman–Crippen LogP) is 2.81. The Balaban J connectivity index is 1.94. The van der Waals surface area contributed by atoms with Crippen LogP contribution in [0.25, 0.3) is 0 Å². The van der Waals surface area contributed by atoms with E-state index < -0.39 is 17.5 Å². The minimum Gasteiger partial charge on any atom is -0.305 e. The van der Waals surface area contributed by atoms with E-state index in [2.05, 4.69) is 0 Å². The molecule has 0 atom stereocenters. The maximum Gasteiger partial charge on any atom is 0.299 e. The van der Waals surface area contributed by atoms with Gasteiger partial charge in [-0.1, -0.05) is 24.4 Å². The average Bonchev–Trinajstić information content (AvgIpc) is 3.12. The third-order valence-electron chi connectivity index (χ3n) is 3.47. The molecule has 0 saturated heterocycles. The van der Waals surface area contributed by atoms with E-state index in [1.54, 1.807) is 0 Å². The molecule has 18 heavy (non-hydrogen) atoms. The highest BCUT2D eigenvalue weighted by molar-refractivity contribution is 6.52. The molecule has 1 aromatic rings. The van der Waals surface area contributed by atoms with Crippen molar-refractivity contribution in [3.8, 4) is 0 Å². The summed E-state index contributed by atoms with van der Waals surface area (Å²) in [5.74, 6) is -1.13. The number of amides is 1. The van der Waals surface area contributed by atoms with Crippen molar-refractivity contribution in [3.63, 3.8) is 0 Å². The van der Waals surface area contributed by atoms with Gasteiger partial charge in [-0.3, -0.25) is 9.59 Å². The first-order valence-electron chi connectivity index (χ1n) is 5.93. The van der Waals surface area contributed by atoms with Gasteiger partial charge >= 0.3 is 0 Å². The summed E-state index contributed by atoms with van der Waals surface area (Å²) in [6, 6.07) is 2.41. The second-order valence-electron chi connectivity index (χ2n) is 4.80. The number of anilines is 1. The number of hydrogen-bond donors (Lipinski definition) is 0. The minimum atomic E-state index is -0.602. The van der Waals surface area contributed by atoms with Crippen LogP contribution in [-0.4, -0.2) is 18.2 Å². The molecular weight excluding hydrogens is 257 g/mol. The van der Waals surface area contributed by atoms with Gasteiger partial charge in [0.1, 0.15) is 5.82 Å². The lowest BCUT2D eigenvalue weighted by molar-refractivity contribution is -0.114. The molecule has 5 heteroatoms. The van der Waals surface area contributed by atoms with Gasteiger partial charge in [-0.05, 0) is 24.5 Å². The summed E-state index contributed by atoms with van der Waals surface area (Å²) in [4.78, 5) is 25.0. The second kappa shape index (κ2) is 4.05. The summed E-state index contributed by atoms with van der Waals surface area (Å²) in [6.07, 6.45) is 3.22. The number of fused-ring (bicyclic) bond motifs is 1. The fourth-order valence-corrected chi connectivity index (χ4v) is 2.39. The fraction of sp³-hybridized carbons (Fsp3) is 0.385. The van der Waals surface area contributed by atoms with E-state index >= 15 is 0 Å². The predicted molar refractivity (Wildman–Crippen MR) is 65.4 cm³/mol. The Morgan fingerprint density at radius 1 is 1.33 bits per heavy atom. The van der Waals surface area contributed by atoms with Crippen molar-refractivity contribution in [1.82, 2.24) is 0 Å². The Bertz CT molecular complexity index is 554. The van der Waals surface area contributed by atoms with E-state index in [0.29, 0.717) is 18.2 Å². The normalized spacial score (nSPS) is 18.4. The zero-order valence-corrected chi connectivity index (χ0v) is 10.3. The quantitative estimate of drug-likeness (QED) is 0.790. The SMILES string of the molecule is O=C1C(=O)N(CCC2CC2)c2cc(F)c(Cl)cc21. The highest BCUT2D eigenvalue weighted by atomic mass is 35.5. The molecule has 3 rings (SSSR count). The lowest BCUT2D eigenvalue weighted by Gasteiger charge is -2.16. The van der Waals surface area contributed by atoms with Gasteiger partial charge in [-0.15, -0.1) is 0 Å². The maximum absolute atomic E-state index is 13.4. The molecule has 0 N–H and O–H groups in total. The number of carbonyl (C=O) groups is 2. The van der Waals surface area contributed by atoms with Crippen LogP contribution in [0.4, 0.5) is 10.1 Å². The van der Waals surface area contributed by atoms with Gasteiger partial charge in [-0.2, -0.15) is 0 Å². The van der Waals surface area contributed by atoms with Crippen LogP contribution in [-0.2, 0) is 4.79 Å². The van der Waals surface area contributed by atoms with Crippen LogP contribution in [0.2, 0.25) is 5.02 Å². The number of Topliss-reactive ketones (excluding diaryl/α,β-unsaturated/α-hetero) is 1. The van der Waals surface area contributed by atoms with Crippen LogP contribution < -0.4 is 4.90 Å². The van der Waals surface area contributed by atoms with Crippen molar-refractivity contribution in [1.29, 1.82) is 0 Å². The minimum absolute atomic E-state index is 0.126. The van der Waals surface area contributed by atoms with Crippen LogP contribution in [0.5, 0.6) is 0 Å². The van der Waals surface area contributed by atoms with E-state index in [1.165, 1.54) is 29.9 Å². The van der Waals surface area contributed by atoms with E-state index in [1.807, 2.05) is 0 Å². The van der Waals surface area contributed by atoms with Gasteiger partial charge in [0.05, 0.1) is 16.3 Å². The topological polar surface area (TPSA) is 37.4 Å². The molecule has 2 aliphatic rings. The third-order valence-corrected chi connectivity index (χ3v) is 3.76. The summed E-state index contributed by atoms with van der Waals surface area (Å²) in [6.45, 7) is 0.476. The van der Waals surface area contributed by atoms with Crippen LogP contribution >= 0.6 is 11.6 Å². The Labute approximate surface area is 109 Å². The maximum atomic E-state index is 13.4. The smallest absolute Gasteiger partial charge is 0.299 e. The summed E-state index contributed by atoms with van der Waals surface area (Å²) >= 11 is 5.63. The van der Waals surface area contributed by atoms with Gasteiger partial charge in [0.2, 0.25) is 0 Å². The Hall–Kier alpha value is -1.42. The molecule has 0 spiro atoms. The molecule has 0 radical (unpaired) electrons. The first-order valence-corrected chi connectivity index (χ1v) is 6.31. The average molecular weight is 268 g/mol. The summed E-state index contributed by atoms with van der Waals surface area (Å²) in [5, 5.41) is -0.126. The van der Waals surface area contributed by atoms with Crippen molar-refractivity contribution < 1.29 is 14.0 Å². The number of rotatable bonds is 3. The van der Waals surface area contributed by atoms with Crippen molar-refractivity contribution in [3.05, 3.63) is 28.5 Å².